The molecule has 0 aliphatic heterocycles. The Bertz CT molecular complexity index is 646. The third-order valence-corrected chi connectivity index (χ3v) is 3.74. The number of aromatic amines is 1. The van der Waals surface area contributed by atoms with Crippen LogP contribution in [0.25, 0.3) is 0 Å². The summed E-state index contributed by atoms with van der Waals surface area (Å²) in [4.78, 5) is 24.7. The predicted molar refractivity (Wildman–Crippen MR) is 69.9 cm³/mol. The second-order valence-corrected chi connectivity index (χ2v) is 4.78. The number of nitrogens with zero attached hydrogens (tertiary/aromatic N) is 3. The van der Waals surface area contributed by atoms with Gasteiger partial charge in [-0.05, 0) is 25.4 Å². The van der Waals surface area contributed by atoms with E-state index >= 15 is 0 Å². The number of carbonyl (C=O) groups excluding carboxylic acids is 1. The van der Waals surface area contributed by atoms with E-state index in [2.05, 4.69) is 14.6 Å². The molecule has 100 valence electrons. The summed E-state index contributed by atoms with van der Waals surface area (Å²) >= 11 is 0.988. The van der Waals surface area contributed by atoms with Crippen molar-refractivity contribution < 1.29 is 14.7 Å². The Morgan fingerprint density at radius 1 is 1.42 bits per heavy atom. The van der Waals surface area contributed by atoms with Crippen LogP contribution in [0, 0.1) is 13.8 Å². The SMILES string of the molecule is Cc1nsc(N(C)C(=O)c2cn[nH]c2C)c1C(=O)O. The number of nitrogens with one attached hydrogen (secondary N) is 1. The molecular formula is C11H12N4O3S. The maximum Gasteiger partial charge on any atom is 0.340 e. The Balaban J connectivity index is 2.40. The lowest BCUT2D eigenvalue weighted by molar-refractivity contribution is 0.0697. The quantitative estimate of drug-likeness (QED) is 0.886. The molecule has 0 unspecified atom stereocenters. The molecule has 8 heteroatoms. The summed E-state index contributed by atoms with van der Waals surface area (Å²) in [6, 6.07) is 0. The summed E-state index contributed by atoms with van der Waals surface area (Å²) in [5.74, 6) is -1.41. The highest BCUT2D eigenvalue weighted by molar-refractivity contribution is 7.11. The number of aryl methyl sites for hydroxylation is 2. The Morgan fingerprint density at radius 2 is 2.11 bits per heavy atom. The minimum absolute atomic E-state index is 0.0574. The Morgan fingerprint density at radius 3 is 2.63 bits per heavy atom. The lowest BCUT2D eigenvalue weighted by Gasteiger charge is -2.15. The van der Waals surface area contributed by atoms with Gasteiger partial charge < -0.3 is 10.0 Å². The third-order valence-electron chi connectivity index (χ3n) is 2.73. The van der Waals surface area contributed by atoms with Gasteiger partial charge in [-0.15, -0.1) is 0 Å². The van der Waals surface area contributed by atoms with Crippen LogP contribution in [-0.4, -0.2) is 38.6 Å². The summed E-state index contributed by atoms with van der Waals surface area (Å²) in [6.45, 7) is 3.33. The van der Waals surface area contributed by atoms with Crippen molar-refractivity contribution in [3.8, 4) is 0 Å². The smallest absolute Gasteiger partial charge is 0.340 e. The molecule has 0 bridgehead atoms. The molecule has 0 radical (unpaired) electrons. The first kappa shape index (κ1) is 13.2. The first-order chi connectivity index (χ1) is 8.93. The van der Waals surface area contributed by atoms with Gasteiger partial charge in [-0.3, -0.25) is 9.89 Å². The summed E-state index contributed by atoms with van der Waals surface area (Å²) in [7, 11) is 1.52. The number of hydrogen-bond donors (Lipinski definition) is 2. The molecule has 0 aliphatic rings. The minimum atomic E-state index is -1.09. The highest BCUT2D eigenvalue weighted by Crippen LogP contribution is 2.29. The highest BCUT2D eigenvalue weighted by atomic mass is 32.1. The number of H-pyrrole nitrogens is 1. The standard InChI is InChI=1S/C11H12N4O3S/c1-5-7(4-12-13-5)9(16)15(3)10-8(11(17)18)6(2)14-19-10/h4H,1-3H3,(H,12,13)(H,17,18). The molecule has 0 aromatic carbocycles. The van der Waals surface area contributed by atoms with E-state index in [-0.39, 0.29) is 11.5 Å². The molecule has 0 fully saturated rings. The number of carboxylic acid groups (broad SMARTS) is 1. The summed E-state index contributed by atoms with van der Waals surface area (Å²) < 4.78 is 3.99. The van der Waals surface area contributed by atoms with Gasteiger partial charge in [0.15, 0.2) is 0 Å². The van der Waals surface area contributed by atoms with Crippen LogP contribution in [-0.2, 0) is 0 Å². The van der Waals surface area contributed by atoms with Crippen LogP contribution in [0.3, 0.4) is 0 Å². The van der Waals surface area contributed by atoms with E-state index < -0.39 is 5.97 Å². The monoisotopic (exact) mass is 280 g/mol. The van der Waals surface area contributed by atoms with Crippen LogP contribution in [0.4, 0.5) is 5.00 Å². The summed E-state index contributed by atoms with van der Waals surface area (Å²) in [6.07, 6.45) is 1.42. The van der Waals surface area contributed by atoms with Crippen LogP contribution in [0.15, 0.2) is 6.20 Å². The fourth-order valence-electron chi connectivity index (χ4n) is 1.67. The normalized spacial score (nSPS) is 10.5. The van der Waals surface area contributed by atoms with Crippen molar-refractivity contribution in [1.82, 2.24) is 14.6 Å². The number of rotatable bonds is 3. The van der Waals surface area contributed by atoms with Gasteiger partial charge >= 0.3 is 5.97 Å². The molecule has 1 amide bonds. The molecule has 2 rings (SSSR count). The number of carbonyl (C=O) groups is 2. The average Bonchev–Trinajstić information content (AvgIpc) is 2.93. The van der Waals surface area contributed by atoms with Gasteiger partial charge in [0.25, 0.3) is 5.91 Å². The first-order valence-electron chi connectivity index (χ1n) is 5.41. The van der Waals surface area contributed by atoms with Crippen molar-refractivity contribution in [1.29, 1.82) is 0 Å². The first-order valence-corrected chi connectivity index (χ1v) is 6.18. The number of aromatic carboxylic acids is 1. The van der Waals surface area contributed by atoms with Crippen molar-refractivity contribution in [2.24, 2.45) is 0 Å². The second-order valence-electron chi connectivity index (χ2n) is 4.03. The highest BCUT2D eigenvalue weighted by Gasteiger charge is 2.25. The fourth-order valence-corrected chi connectivity index (χ4v) is 2.52. The average molecular weight is 280 g/mol. The largest absolute Gasteiger partial charge is 0.478 e. The van der Waals surface area contributed by atoms with Crippen LogP contribution >= 0.6 is 11.5 Å². The van der Waals surface area contributed by atoms with Gasteiger partial charge in [-0.25, -0.2) is 4.79 Å². The second kappa shape index (κ2) is 4.81. The van der Waals surface area contributed by atoms with Crippen molar-refractivity contribution in [2.75, 3.05) is 11.9 Å². The molecule has 0 saturated carbocycles. The molecule has 2 heterocycles. The van der Waals surface area contributed by atoms with E-state index in [1.54, 1.807) is 13.8 Å². The third kappa shape index (κ3) is 2.22. The van der Waals surface area contributed by atoms with Gasteiger partial charge in [-0.1, -0.05) is 0 Å². The maximum absolute atomic E-state index is 12.3. The van der Waals surface area contributed by atoms with E-state index in [4.69, 9.17) is 5.11 Å². The molecule has 7 nitrogen and oxygen atoms in total. The zero-order valence-corrected chi connectivity index (χ0v) is 11.4. The Labute approximate surface area is 113 Å². The molecule has 0 spiro atoms. The Hall–Kier alpha value is -2.22. The van der Waals surface area contributed by atoms with Gasteiger partial charge in [0.2, 0.25) is 0 Å². The maximum atomic E-state index is 12.3. The summed E-state index contributed by atoms with van der Waals surface area (Å²) in [5.41, 5.74) is 1.50. The lowest BCUT2D eigenvalue weighted by atomic mass is 10.2. The van der Waals surface area contributed by atoms with E-state index in [0.29, 0.717) is 22.0 Å². The molecule has 2 aromatic rings. The van der Waals surface area contributed by atoms with Crippen LogP contribution in [0.5, 0.6) is 0 Å². The number of aromatic nitrogens is 3. The van der Waals surface area contributed by atoms with Crippen molar-refractivity contribution in [2.45, 2.75) is 13.8 Å². The zero-order chi connectivity index (χ0) is 14.2. The number of carboxylic acids is 1. The molecular weight excluding hydrogens is 268 g/mol. The van der Waals surface area contributed by atoms with Crippen molar-refractivity contribution in [3.63, 3.8) is 0 Å². The summed E-state index contributed by atoms with van der Waals surface area (Å²) in [5, 5.41) is 15.9. The van der Waals surface area contributed by atoms with Gasteiger partial charge in [-0.2, -0.15) is 9.47 Å². The van der Waals surface area contributed by atoms with E-state index in [0.717, 1.165) is 11.5 Å². The van der Waals surface area contributed by atoms with E-state index in [1.807, 2.05) is 0 Å². The van der Waals surface area contributed by atoms with E-state index in [9.17, 15) is 9.59 Å². The number of hydrogen-bond acceptors (Lipinski definition) is 5. The van der Waals surface area contributed by atoms with E-state index in [1.165, 1.54) is 18.1 Å². The predicted octanol–water partition coefficient (Wildman–Crippen LogP) is 1.46. The van der Waals surface area contributed by atoms with Gasteiger partial charge in [0.1, 0.15) is 10.6 Å². The molecule has 19 heavy (non-hydrogen) atoms. The minimum Gasteiger partial charge on any atom is -0.478 e. The number of amides is 1. The van der Waals surface area contributed by atoms with Crippen LogP contribution in [0.2, 0.25) is 0 Å². The molecule has 2 N–H and O–H groups in total. The topological polar surface area (TPSA) is 99.2 Å². The molecule has 0 saturated heterocycles. The Kier molecular flexibility index (Phi) is 3.34. The van der Waals surface area contributed by atoms with Crippen molar-refractivity contribution >= 4 is 28.4 Å². The van der Waals surface area contributed by atoms with Crippen LogP contribution < -0.4 is 4.90 Å². The molecule has 0 aliphatic carbocycles. The molecule has 2 aromatic heterocycles. The lowest BCUT2D eigenvalue weighted by Crippen LogP contribution is -2.27. The number of anilines is 1. The van der Waals surface area contributed by atoms with Crippen molar-refractivity contribution in [3.05, 3.63) is 28.7 Å². The van der Waals surface area contributed by atoms with Gasteiger partial charge in [0.05, 0.1) is 17.5 Å². The fraction of sp³-hybridized carbons (Fsp3) is 0.273. The van der Waals surface area contributed by atoms with Crippen LogP contribution in [0.1, 0.15) is 32.1 Å². The van der Waals surface area contributed by atoms with Gasteiger partial charge in [0, 0.05) is 12.7 Å². The molecule has 0 atom stereocenters. The zero-order valence-electron chi connectivity index (χ0n) is 10.6.